The van der Waals surface area contributed by atoms with Crippen molar-refractivity contribution in [2.24, 2.45) is 0 Å². The summed E-state index contributed by atoms with van der Waals surface area (Å²) in [6.07, 6.45) is 0.899. The number of aliphatic hydroxyl groups is 1. The normalized spacial score (nSPS) is 21.3. The van der Waals surface area contributed by atoms with Crippen molar-refractivity contribution in [3.63, 3.8) is 0 Å². The van der Waals surface area contributed by atoms with Crippen molar-refractivity contribution in [3.05, 3.63) is 75.3 Å². The summed E-state index contributed by atoms with van der Waals surface area (Å²) in [4.78, 5) is 30.0. The van der Waals surface area contributed by atoms with Gasteiger partial charge in [-0.1, -0.05) is 59.3 Å². The Morgan fingerprint density at radius 1 is 1.03 bits per heavy atom. The van der Waals surface area contributed by atoms with Gasteiger partial charge in [0.05, 0.1) is 24.8 Å². The molecule has 0 aromatic heterocycles. The topological polar surface area (TPSA) is 70.1 Å². The van der Waals surface area contributed by atoms with Gasteiger partial charge in [0.25, 0.3) is 11.7 Å². The molecule has 2 saturated heterocycles. The molecule has 0 bridgehead atoms. The van der Waals surface area contributed by atoms with Crippen LogP contribution >= 0.6 is 15.9 Å². The third-order valence-electron chi connectivity index (χ3n) is 6.12. The summed E-state index contributed by atoms with van der Waals surface area (Å²) in [5, 5.41) is 11.1. The molecular weight excluding hydrogens is 472 g/mol. The zero-order valence-corrected chi connectivity index (χ0v) is 19.7. The number of hydrogen-bond acceptors (Lipinski definition) is 5. The monoisotopic (exact) mass is 498 g/mol. The predicted octanol–water partition coefficient (Wildman–Crippen LogP) is 3.77. The van der Waals surface area contributed by atoms with Crippen LogP contribution in [0.1, 0.15) is 29.7 Å². The maximum atomic E-state index is 13.1. The summed E-state index contributed by atoms with van der Waals surface area (Å²) in [6, 6.07) is 14.4. The molecule has 0 aliphatic carbocycles. The number of amides is 1. The molecule has 7 heteroatoms. The molecule has 6 nitrogen and oxygen atoms in total. The summed E-state index contributed by atoms with van der Waals surface area (Å²) in [5.41, 5.74) is 2.65. The van der Waals surface area contributed by atoms with E-state index in [1.165, 1.54) is 5.56 Å². The van der Waals surface area contributed by atoms with Crippen LogP contribution in [0.25, 0.3) is 5.76 Å². The highest BCUT2D eigenvalue weighted by atomic mass is 79.9. The summed E-state index contributed by atoms with van der Waals surface area (Å²) in [6.45, 7) is 6.09. The van der Waals surface area contributed by atoms with Gasteiger partial charge >= 0.3 is 0 Å². The average Bonchev–Trinajstić information content (AvgIpc) is 3.08. The van der Waals surface area contributed by atoms with Crippen LogP contribution in [0, 0.1) is 0 Å². The van der Waals surface area contributed by atoms with E-state index in [2.05, 4.69) is 27.8 Å². The lowest BCUT2D eigenvalue weighted by Gasteiger charge is -2.31. The van der Waals surface area contributed by atoms with Crippen LogP contribution in [-0.2, 0) is 20.7 Å². The molecule has 4 rings (SSSR count). The molecule has 2 fully saturated rings. The lowest BCUT2D eigenvalue weighted by Crippen LogP contribution is -2.42. The first-order chi connectivity index (χ1) is 15.5. The van der Waals surface area contributed by atoms with E-state index in [9.17, 15) is 14.7 Å². The minimum Gasteiger partial charge on any atom is -0.507 e. The van der Waals surface area contributed by atoms with E-state index in [4.69, 9.17) is 4.74 Å². The number of likely N-dealkylation sites (tertiary alicyclic amines) is 1. The van der Waals surface area contributed by atoms with E-state index >= 15 is 0 Å². The Morgan fingerprint density at radius 2 is 1.69 bits per heavy atom. The maximum Gasteiger partial charge on any atom is 0.295 e. The van der Waals surface area contributed by atoms with Gasteiger partial charge in [-0.15, -0.1) is 0 Å². The Kier molecular flexibility index (Phi) is 7.08. The van der Waals surface area contributed by atoms with Crippen LogP contribution in [0.15, 0.2) is 58.6 Å². The number of ketones is 1. The van der Waals surface area contributed by atoms with Gasteiger partial charge in [-0.05, 0) is 29.7 Å². The predicted molar refractivity (Wildman–Crippen MR) is 126 cm³/mol. The third-order valence-corrected chi connectivity index (χ3v) is 6.65. The highest BCUT2D eigenvalue weighted by molar-refractivity contribution is 9.10. The lowest BCUT2D eigenvalue weighted by atomic mass is 9.94. The number of hydrogen-bond donors (Lipinski definition) is 1. The first kappa shape index (κ1) is 22.7. The molecule has 2 aliphatic rings. The Hall–Kier alpha value is -2.48. The standard InChI is InChI=1S/C25H27BrN2O4/c1-2-17-3-5-18(6-4-17)22-21(23(29)19-7-9-20(26)10-8-19)24(30)25(31)28(22)12-11-27-13-15-32-16-14-27/h3-10,22,29H,2,11-16H2,1H3/t22-/m0/s1. The lowest BCUT2D eigenvalue weighted by molar-refractivity contribution is -0.140. The number of carbonyl (C=O) groups excluding carboxylic acids is 2. The van der Waals surface area contributed by atoms with Gasteiger partial charge in [0, 0.05) is 36.2 Å². The quantitative estimate of drug-likeness (QED) is 0.373. The molecule has 2 aromatic carbocycles. The molecule has 2 aliphatic heterocycles. The van der Waals surface area contributed by atoms with Crippen molar-refractivity contribution in [2.45, 2.75) is 19.4 Å². The zero-order valence-electron chi connectivity index (χ0n) is 18.1. The highest BCUT2D eigenvalue weighted by Crippen LogP contribution is 2.39. The molecule has 1 amide bonds. The van der Waals surface area contributed by atoms with Gasteiger partial charge in [0.1, 0.15) is 5.76 Å². The van der Waals surface area contributed by atoms with Crippen molar-refractivity contribution in [3.8, 4) is 0 Å². The second kappa shape index (κ2) is 9.98. The van der Waals surface area contributed by atoms with Crippen LogP contribution in [0.2, 0.25) is 0 Å². The van der Waals surface area contributed by atoms with E-state index in [1.54, 1.807) is 29.2 Å². The van der Waals surface area contributed by atoms with Gasteiger partial charge in [0.2, 0.25) is 0 Å². The number of Topliss-reactive ketones (excluding diaryl/α,β-unsaturated/α-hetero) is 1. The third kappa shape index (κ3) is 4.65. The number of aliphatic hydroxyl groups excluding tert-OH is 1. The fourth-order valence-electron chi connectivity index (χ4n) is 4.23. The van der Waals surface area contributed by atoms with Crippen LogP contribution in [0.4, 0.5) is 0 Å². The first-order valence-electron chi connectivity index (χ1n) is 10.9. The molecule has 2 aromatic rings. The number of aryl methyl sites for hydroxylation is 1. The van der Waals surface area contributed by atoms with E-state index in [1.807, 2.05) is 24.3 Å². The Bertz CT molecular complexity index is 1010. The number of morpholine rings is 1. The van der Waals surface area contributed by atoms with Crippen LogP contribution in [0.3, 0.4) is 0 Å². The minimum atomic E-state index is -0.642. The number of halogens is 1. The molecule has 0 unspecified atom stereocenters. The van der Waals surface area contributed by atoms with E-state index in [0.717, 1.165) is 29.5 Å². The molecule has 32 heavy (non-hydrogen) atoms. The molecule has 0 saturated carbocycles. The summed E-state index contributed by atoms with van der Waals surface area (Å²) in [5.74, 6) is -1.35. The largest absolute Gasteiger partial charge is 0.507 e. The number of benzene rings is 2. The summed E-state index contributed by atoms with van der Waals surface area (Å²) in [7, 11) is 0. The summed E-state index contributed by atoms with van der Waals surface area (Å²) < 4.78 is 6.27. The van der Waals surface area contributed by atoms with Crippen LogP contribution < -0.4 is 0 Å². The molecule has 1 N–H and O–H groups in total. The Balaban J connectivity index is 1.72. The van der Waals surface area contributed by atoms with E-state index < -0.39 is 17.7 Å². The van der Waals surface area contributed by atoms with Crippen molar-refractivity contribution in [1.29, 1.82) is 0 Å². The van der Waals surface area contributed by atoms with Crippen molar-refractivity contribution < 1.29 is 19.4 Å². The van der Waals surface area contributed by atoms with E-state index in [0.29, 0.717) is 31.9 Å². The number of nitrogens with zero attached hydrogens (tertiary/aromatic N) is 2. The molecule has 2 heterocycles. The van der Waals surface area contributed by atoms with Gasteiger partial charge in [-0.3, -0.25) is 14.5 Å². The average molecular weight is 499 g/mol. The molecule has 0 spiro atoms. The summed E-state index contributed by atoms with van der Waals surface area (Å²) >= 11 is 3.39. The van der Waals surface area contributed by atoms with Crippen molar-refractivity contribution in [2.75, 3.05) is 39.4 Å². The molecular formula is C25H27BrN2O4. The minimum absolute atomic E-state index is 0.142. The molecule has 0 radical (unpaired) electrons. The fraction of sp³-hybridized carbons (Fsp3) is 0.360. The second-order valence-corrected chi connectivity index (χ2v) is 8.96. The highest BCUT2D eigenvalue weighted by Gasteiger charge is 2.46. The SMILES string of the molecule is CCc1ccc([C@H]2C(=C(O)c3ccc(Br)cc3)C(=O)C(=O)N2CCN2CCOCC2)cc1. The second-order valence-electron chi connectivity index (χ2n) is 8.05. The van der Waals surface area contributed by atoms with Crippen molar-refractivity contribution in [1.82, 2.24) is 9.80 Å². The number of ether oxygens (including phenoxy) is 1. The fourth-order valence-corrected chi connectivity index (χ4v) is 4.49. The van der Waals surface area contributed by atoms with Gasteiger partial charge in [0.15, 0.2) is 0 Å². The van der Waals surface area contributed by atoms with Crippen molar-refractivity contribution >= 4 is 33.4 Å². The number of rotatable bonds is 6. The molecule has 168 valence electrons. The van der Waals surface area contributed by atoms with Gasteiger partial charge in [-0.2, -0.15) is 0 Å². The van der Waals surface area contributed by atoms with Crippen LogP contribution in [-0.4, -0.2) is 66.0 Å². The van der Waals surface area contributed by atoms with Gasteiger partial charge in [-0.25, -0.2) is 0 Å². The smallest absolute Gasteiger partial charge is 0.295 e. The zero-order chi connectivity index (χ0) is 22.7. The Labute approximate surface area is 196 Å². The Morgan fingerprint density at radius 3 is 2.31 bits per heavy atom. The maximum absolute atomic E-state index is 13.1. The van der Waals surface area contributed by atoms with Gasteiger partial charge < -0.3 is 14.7 Å². The molecule has 1 atom stereocenters. The first-order valence-corrected chi connectivity index (χ1v) is 11.7. The van der Waals surface area contributed by atoms with Crippen LogP contribution in [0.5, 0.6) is 0 Å². The van der Waals surface area contributed by atoms with E-state index in [-0.39, 0.29) is 11.3 Å². The number of carbonyl (C=O) groups is 2.